The SMILES string of the molecule is O=C1C(=O)c2c(c(O)c3ccccc3c2[O-])-c2cccnc21.O=S(O)O.O=S([O-])O.[Na+].[Na+]. The Morgan fingerprint density at radius 1 is 0.844 bits per heavy atom. The predicted octanol–water partition coefficient (Wildman–Crippen LogP) is -4.91. The zero-order valence-corrected chi connectivity index (χ0v) is 22.2. The van der Waals surface area contributed by atoms with Crippen LogP contribution in [0.15, 0.2) is 42.6 Å². The van der Waals surface area contributed by atoms with Gasteiger partial charge in [0.1, 0.15) is 11.4 Å². The molecule has 1 atom stereocenters. The first-order valence-electron chi connectivity index (χ1n) is 7.65. The Hall–Kier alpha value is -1.07. The van der Waals surface area contributed by atoms with Gasteiger partial charge in [-0.3, -0.25) is 23.7 Å². The Morgan fingerprint density at radius 3 is 1.88 bits per heavy atom. The fourth-order valence-corrected chi connectivity index (χ4v) is 2.88. The Morgan fingerprint density at radius 2 is 1.34 bits per heavy atom. The third kappa shape index (κ3) is 6.96. The van der Waals surface area contributed by atoms with Crippen LogP contribution in [0.5, 0.6) is 11.5 Å². The molecule has 11 nitrogen and oxygen atoms in total. The van der Waals surface area contributed by atoms with E-state index in [0.29, 0.717) is 10.9 Å². The monoisotopic (exact) mass is 499 g/mol. The number of hydrogen-bond acceptors (Lipinski definition) is 8. The number of aromatic hydroxyl groups is 1. The second-order valence-corrected chi connectivity index (χ2v) is 6.37. The number of carbonyl (C=O) groups is 2. The van der Waals surface area contributed by atoms with Gasteiger partial charge >= 0.3 is 59.1 Å². The van der Waals surface area contributed by atoms with E-state index in [1.54, 1.807) is 30.3 Å². The molecule has 0 radical (unpaired) electrons. The maximum Gasteiger partial charge on any atom is 1.00 e. The topological polar surface area (TPSA) is 208 Å². The maximum absolute atomic E-state index is 12.6. The summed E-state index contributed by atoms with van der Waals surface area (Å²) in [6.45, 7) is 0. The molecular weight excluding hydrogens is 488 g/mol. The number of carbonyl (C=O) groups excluding carboxylic acids is 2. The number of nitrogens with zero attached hydrogens (tertiary/aromatic N) is 1. The first kappa shape index (κ1) is 30.9. The number of phenols is 1. The van der Waals surface area contributed by atoms with Crippen molar-refractivity contribution in [2.75, 3.05) is 0 Å². The first-order valence-corrected chi connectivity index (χ1v) is 9.74. The predicted molar refractivity (Wildman–Crippen MR) is 102 cm³/mol. The van der Waals surface area contributed by atoms with Gasteiger partial charge in [0.05, 0.1) is 11.4 Å². The molecule has 32 heavy (non-hydrogen) atoms. The Bertz CT molecular complexity index is 1190. The van der Waals surface area contributed by atoms with E-state index in [1.165, 1.54) is 12.3 Å². The second-order valence-electron chi connectivity index (χ2n) is 5.48. The van der Waals surface area contributed by atoms with Crippen LogP contribution in [0.2, 0.25) is 0 Å². The molecule has 0 bridgehead atoms. The Labute approximate surface area is 230 Å². The molecule has 0 saturated carbocycles. The largest absolute Gasteiger partial charge is 1.00 e. The molecule has 1 aliphatic carbocycles. The van der Waals surface area contributed by atoms with Crippen LogP contribution < -0.4 is 64.2 Å². The van der Waals surface area contributed by atoms with E-state index in [2.05, 4.69) is 4.98 Å². The number of fused-ring (bicyclic) bond motifs is 4. The standard InChI is InChI=1S/C17H9NO4.2Na.2H2O3S/c19-14-8-4-1-2-5-9(8)15(20)12-11(14)10-6-3-7-18-13(10)17(22)16(12)21;;;2*1-4(2)3/h1-7,19-20H;;;2*(H2,1,2,3)/q;2*+1;;/p-2. The van der Waals surface area contributed by atoms with Crippen LogP contribution in [0.4, 0.5) is 0 Å². The molecule has 0 fully saturated rings. The number of rotatable bonds is 0. The average Bonchev–Trinajstić information content (AvgIpc) is 2.68. The van der Waals surface area contributed by atoms with Crippen LogP contribution >= 0.6 is 0 Å². The molecule has 15 heteroatoms. The molecule has 2 aromatic carbocycles. The van der Waals surface area contributed by atoms with E-state index < -0.39 is 40.0 Å². The van der Waals surface area contributed by atoms with E-state index in [4.69, 9.17) is 26.6 Å². The van der Waals surface area contributed by atoms with Crippen LogP contribution in [-0.4, -0.2) is 48.3 Å². The minimum Gasteiger partial charge on any atom is -0.872 e. The Kier molecular flexibility index (Phi) is 13.1. The summed E-state index contributed by atoms with van der Waals surface area (Å²) in [6.07, 6.45) is 1.39. The first-order chi connectivity index (χ1) is 14.1. The smallest absolute Gasteiger partial charge is 0.872 e. The van der Waals surface area contributed by atoms with Crippen molar-refractivity contribution in [3.8, 4) is 22.6 Å². The van der Waals surface area contributed by atoms with Gasteiger partial charge in [-0.25, -0.2) is 4.21 Å². The quantitative estimate of drug-likeness (QED) is 0.131. The summed E-state index contributed by atoms with van der Waals surface area (Å²) >= 11 is -5.47. The van der Waals surface area contributed by atoms with Crippen LogP contribution in [0.1, 0.15) is 20.8 Å². The number of hydrogen-bond donors (Lipinski definition) is 4. The van der Waals surface area contributed by atoms with Gasteiger partial charge < -0.3 is 19.3 Å². The summed E-state index contributed by atoms with van der Waals surface area (Å²) in [5, 5.41) is 23.7. The van der Waals surface area contributed by atoms with Crippen molar-refractivity contribution in [3.05, 3.63) is 53.9 Å². The minimum atomic E-state index is -2.86. The van der Waals surface area contributed by atoms with Crippen LogP contribution in [0.3, 0.4) is 0 Å². The van der Waals surface area contributed by atoms with Crippen molar-refractivity contribution in [3.63, 3.8) is 0 Å². The molecule has 0 spiro atoms. The summed E-state index contributed by atoms with van der Waals surface area (Å²) in [5.74, 6) is -2.47. The zero-order chi connectivity index (χ0) is 22.6. The molecule has 0 amide bonds. The van der Waals surface area contributed by atoms with Crippen molar-refractivity contribution >= 4 is 45.1 Å². The molecule has 1 heterocycles. The molecular formula is C17H11NNa2O10S2. The van der Waals surface area contributed by atoms with E-state index in [0.717, 1.165) is 0 Å². The molecule has 4 N–H and O–H groups in total. The van der Waals surface area contributed by atoms with E-state index in [1.807, 2.05) is 0 Å². The number of benzene rings is 2. The Balaban J connectivity index is 0.000000841. The number of Topliss-reactive ketones (excluding diaryl/α,β-unsaturated/α-hetero) is 2. The minimum absolute atomic E-state index is 0. The molecule has 1 unspecified atom stereocenters. The van der Waals surface area contributed by atoms with Crippen molar-refractivity contribution in [1.82, 2.24) is 4.98 Å². The fourth-order valence-electron chi connectivity index (χ4n) is 2.88. The van der Waals surface area contributed by atoms with Crippen LogP contribution in [0, 0.1) is 0 Å². The third-order valence-corrected chi connectivity index (χ3v) is 3.87. The summed E-state index contributed by atoms with van der Waals surface area (Å²) in [5.41, 5.74) is 0.0885. The van der Waals surface area contributed by atoms with Gasteiger partial charge in [-0.05, 0) is 11.5 Å². The number of aromatic nitrogens is 1. The number of ketones is 2. The fraction of sp³-hybridized carbons (Fsp3) is 0. The maximum atomic E-state index is 12.6. The van der Waals surface area contributed by atoms with Crippen LogP contribution in [0.25, 0.3) is 21.9 Å². The molecule has 1 aromatic heterocycles. The van der Waals surface area contributed by atoms with Crippen molar-refractivity contribution in [2.45, 2.75) is 0 Å². The average molecular weight is 499 g/mol. The van der Waals surface area contributed by atoms with Gasteiger partial charge in [-0.2, -0.15) is 4.21 Å². The number of pyridine rings is 1. The summed E-state index contributed by atoms with van der Waals surface area (Å²) in [6, 6.07) is 9.61. The zero-order valence-electron chi connectivity index (χ0n) is 16.5. The normalized spacial score (nSPS) is 12.0. The van der Waals surface area contributed by atoms with Gasteiger partial charge in [0, 0.05) is 28.3 Å². The van der Waals surface area contributed by atoms with E-state index in [9.17, 15) is 19.8 Å². The molecule has 0 saturated heterocycles. The van der Waals surface area contributed by atoms with Gasteiger partial charge in [-0.1, -0.05) is 36.1 Å². The second kappa shape index (κ2) is 13.6. The molecule has 3 aromatic rings. The van der Waals surface area contributed by atoms with E-state index >= 15 is 0 Å². The van der Waals surface area contributed by atoms with Crippen LogP contribution in [-0.2, 0) is 22.7 Å². The van der Waals surface area contributed by atoms with Crippen molar-refractivity contribution in [2.24, 2.45) is 0 Å². The van der Waals surface area contributed by atoms with Gasteiger partial charge in [0.25, 0.3) is 17.1 Å². The van der Waals surface area contributed by atoms with Gasteiger partial charge in [0.15, 0.2) is 0 Å². The van der Waals surface area contributed by atoms with Gasteiger partial charge in [0.2, 0.25) is 5.78 Å². The summed E-state index contributed by atoms with van der Waals surface area (Å²) in [4.78, 5) is 28.4. The molecule has 0 aliphatic heterocycles. The van der Waals surface area contributed by atoms with E-state index in [-0.39, 0.29) is 87.1 Å². The summed E-state index contributed by atoms with van der Waals surface area (Å²) < 4.78 is 46.9. The molecule has 4 rings (SSSR count). The molecule has 158 valence electrons. The van der Waals surface area contributed by atoms with Crippen molar-refractivity contribution < 1.29 is 106 Å². The van der Waals surface area contributed by atoms with Gasteiger partial charge in [-0.15, -0.1) is 0 Å². The van der Waals surface area contributed by atoms with Crippen molar-refractivity contribution in [1.29, 1.82) is 0 Å². The molecule has 1 aliphatic rings. The number of phenolic OH excluding ortho intramolecular Hbond substituents is 1. The third-order valence-electron chi connectivity index (χ3n) is 3.87. The summed E-state index contributed by atoms with van der Waals surface area (Å²) in [7, 11) is 0.